The molecule has 2 rings (SSSR count). The van der Waals surface area contributed by atoms with Crippen LogP contribution < -0.4 is 15.5 Å². The predicted octanol–water partition coefficient (Wildman–Crippen LogP) is 1.97. The molecule has 1 aliphatic carbocycles. The lowest BCUT2D eigenvalue weighted by molar-refractivity contribution is 0.601. The van der Waals surface area contributed by atoms with Crippen LogP contribution >= 0.6 is 0 Å². The molecular formula is C13H24N6. The monoisotopic (exact) mass is 264 g/mol. The fourth-order valence-electron chi connectivity index (χ4n) is 2.39. The molecule has 106 valence electrons. The molecule has 1 aromatic rings. The largest absolute Gasteiger partial charge is 0.354 e. The smallest absolute Gasteiger partial charge is 0.231 e. The van der Waals surface area contributed by atoms with E-state index in [-0.39, 0.29) is 0 Å². The Hall–Kier alpha value is -1.59. The molecule has 0 spiro atoms. The minimum absolute atomic E-state index is 0.488. The Morgan fingerprint density at radius 2 is 1.89 bits per heavy atom. The Morgan fingerprint density at radius 3 is 2.47 bits per heavy atom. The number of rotatable bonds is 5. The van der Waals surface area contributed by atoms with Crippen LogP contribution in [-0.4, -0.2) is 41.6 Å². The first-order valence-corrected chi connectivity index (χ1v) is 7.02. The van der Waals surface area contributed by atoms with E-state index in [2.05, 4.69) is 32.5 Å². The molecule has 2 atom stereocenters. The zero-order valence-corrected chi connectivity index (χ0v) is 12.3. The van der Waals surface area contributed by atoms with Gasteiger partial charge in [-0.3, -0.25) is 0 Å². The average Bonchev–Trinajstić information content (AvgIpc) is 2.75. The standard InChI is InChI=1S/C13H24N6/c1-5-14-11-16-12(18-13(17-11)19(3)4)15-10-7-6-9(2)8-10/h9-10H,5-8H2,1-4H3,(H2,14,15,16,17,18). The quantitative estimate of drug-likeness (QED) is 0.847. The van der Waals surface area contributed by atoms with Crippen LogP contribution in [0, 0.1) is 5.92 Å². The summed E-state index contributed by atoms with van der Waals surface area (Å²) in [7, 11) is 3.87. The third kappa shape index (κ3) is 3.68. The molecule has 0 aliphatic heterocycles. The van der Waals surface area contributed by atoms with Crippen LogP contribution in [0.5, 0.6) is 0 Å². The van der Waals surface area contributed by atoms with E-state index < -0.39 is 0 Å². The summed E-state index contributed by atoms with van der Waals surface area (Å²) in [6.07, 6.45) is 3.67. The molecule has 19 heavy (non-hydrogen) atoms. The van der Waals surface area contributed by atoms with Gasteiger partial charge in [0.15, 0.2) is 0 Å². The Labute approximate surface area is 115 Å². The normalized spacial score (nSPS) is 22.3. The fourth-order valence-corrected chi connectivity index (χ4v) is 2.39. The van der Waals surface area contributed by atoms with Gasteiger partial charge in [-0.05, 0) is 32.1 Å². The van der Waals surface area contributed by atoms with E-state index in [9.17, 15) is 0 Å². The van der Waals surface area contributed by atoms with Crippen LogP contribution in [0.2, 0.25) is 0 Å². The number of hydrogen-bond donors (Lipinski definition) is 2. The summed E-state index contributed by atoms with van der Waals surface area (Å²) in [4.78, 5) is 15.1. The molecule has 1 fully saturated rings. The van der Waals surface area contributed by atoms with E-state index in [1.807, 2.05) is 25.9 Å². The second kappa shape index (κ2) is 6.04. The minimum atomic E-state index is 0.488. The summed E-state index contributed by atoms with van der Waals surface area (Å²) in [5, 5.41) is 6.58. The van der Waals surface area contributed by atoms with Crippen molar-refractivity contribution < 1.29 is 0 Å². The highest BCUT2D eigenvalue weighted by Crippen LogP contribution is 2.27. The summed E-state index contributed by atoms with van der Waals surface area (Å²) < 4.78 is 0. The van der Waals surface area contributed by atoms with Gasteiger partial charge >= 0.3 is 0 Å². The van der Waals surface area contributed by atoms with Crippen LogP contribution in [0.25, 0.3) is 0 Å². The van der Waals surface area contributed by atoms with Gasteiger partial charge in [0.25, 0.3) is 0 Å². The molecule has 6 nitrogen and oxygen atoms in total. The van der Waals surface area contributed by atoms with E-state index in [4.69, 9.17) is 0 Å². The third-order valence-corrected chi connectivity index (χ3v) is 3.39. The number of nitrogens with zero attached hydrogens (tertiary/aromatic N) is 4. The van der Waals surface area contributed by atoms with Crippen molar-refractivity contribution in [3.05, 3.63) is 0 Å². The topological polar surface area (TPSA) is 66.0 Å². The Kier molecular flexibility index (Phi) is 4.39. The second-order valence-electron chi connectivity index (χ2n) is 5.47. The predicted molar refractivity (Wildman–Crippen MR) is 78.7 cm³/mol. The fraction of sp³-hybridized carbons (Fsp3) is 0.769. The molecule has 0 saturated heterocycles. The lowest BCUT2D eigenvalue weighted by Gasteiger charge is -2.16. The van der Waals surface area contributed by atoms with Crippen LogP contribution in [0.15, 0.2) is 0 Å². The third-order valence-electron chi connectivity index (χ3n) is 3.39. The summed E-state index contributed by atoms with van der Waals surface area (Å²) in [6, 6.07) is 0.488. The Bertz CT molecular complexity index is 420. The van der Waals surface area contributed by atoms with E-state index in [0.717, 1.165) is 12.5 Å². The van der Waals surface area contributed by atoms with Gasteiger partial charge in [-0.25, -0.2) is 0 Å². The lowest BCUT2D eigenvalue weighted by Crippen LogP contribution is -2.21. The van der Waals surface area contributed by atoms with E-state index in [0.29, 0.717) is 23.9 Å². The number of anilines is 3. The van der Waals surface area contributed by atoms with Crippen LogP contribution in [0.3, 0.4) is 0 Å². The maximum Gasteiger partial charge on any atom is 0.231 e. The summed E-state index contributed by atoms with van der Waals surface area (Å²) in [5.74, 6) is 2.78. The highest BCUT2D eigenvalue weighted by atomic mass is 15.3. The summed E-state index contributed by atoms with van der Waals surface area (Å²) in [6.45, 7) is 5.13. The lowest BCUT2D eigenvalue weighted by atomic mass is 10.1. The van der Waals surface area contributed by atoms with Gasteiger partial charge in [0, 0.05) is 26.7 Å². The molecule has 6 heteroatoms. The van der Waals surface area contributed by atoms with Gasteiger partial charge in [0.2, 0.25) is 17.8 Å². The van der Waals surface area contributed by atoms with Crippen LogP contribution in [0.4, 0.5) is 17.8 Å². The van der Waals surface area contributed by atoms with E-state index in [1.165, 1.54) is 19.3 Å². The molecule has 2 unspecified atom stereocenters. The van der Waals surface area contributed by atoms with Gasteiger partial charge in [0.05, 0.1) is 0 Å². The van der Waals surface area contributed by atoms with Crippen molar-refractivity contribution in [3.63, 3.8) is 0 Å². The van der Waals surface area contributed by atoms with E-state index in [1.54, 1.807) is 0 Å². The molecule has 0 amide bonds. The summed E-state index contributed by atoms with van der Waals surface area (Å²) >= 11 is 0. The second-order valence-corrected chi connectivity index (χ2v) is 5.47. The molecule has 1 aliphatic rings. The van der Waals surface area contributed by atoms with Crippen LogP contribution in [0.1, 0.15) is 33.1 Å². The van der Waals surface area contributed by atoms with Gasteiger partial charge < -0.3 is 15.5 Å². The summed E-state index contributed by atoms with van der Waals surface area (Å²) in [5.41, 5.74) is 0. The maximum absolute atomic E-state index is 4.46. The van der Waals surface area contributed by atoms with Crippen molar-refractivity contribution in [3.8, 4) is 0 Å². The highest BCUT2D eigenvalue weighted by Gasteiger charge is 2.22. The Balaban J connectivity index is 2.13. The zero-order valence-electron chi connectivity index (χ0n) is 12.3. The first-order valence-electron chi connectivity index (χ1n) is 7.02. The molecule has 0 aromatic carbocycles. The molecule has 1 saturated carbocycles. The van der Waals surface area contributed by atoms with Crippen molar-refractivity contribution >= 4 is 17.8 Å². The van der Waals surface area contributed by atoms with Gasteiger partial charge in [-0.15, -0.1) is 0 Å². The number of aromatic nitrogens is 3. The Morgan fingerprint density at radius 1 is 1.16 bits per heavy atom. The van der Waals surface area contributed by atoms with Crippen LogP contribution in [-0.2, 0) is 0 Å². The molecule has 1 heterocycles. The van der Waals surface area contributed by atoms with Crippen molar-refractivity contribution in [1.82, 2.24) is 15.0 Å². The highest BCUT2D eigenvalue weighted by molar-refractivity contribution is 5.43. The van der Waals surface area contributed by atoms with Crippen molar-refractivity contribution in [2.45, 2.75) is 39.2 Å². The first-order chi connectivity index (χ1) is 9.08. The first kappa shape index (κ1) is 13.8. The van der Waals surface area contributed by atoms with Gasteiger partial charge in [-0.2, -0.15) is 15.0 Å². The molecule has 2 N–H and O–H groups in total. The molecule has 1 aromatic heterocycles. The van der Waals surface area contributed by atoms with Crippen molar-refractivity contribution in [1.29, 1.82) is 0 Å². The number of hydrogen-bond acceptors (Lipinski definition) is 6. The van der Waals surface area contributed by atoms with E-state index >= 15 is 0 Å². The average molecular weight is 264 g/mol. The van der Waals surface area contributed by atoms with Crippen molar-refractivity contribution in [2.24, 2.45) is 5.92 Å². The van der Waals surface area contributed by atoms with Gasteiger partial charge in [-0.1, -0.05) is 6.92 Å². The molecule has 0 bridgehead atoms. The zero-order chi connectivity index (χ0) is 13.8. The van der Waals surface area contributed by atoms with Gasteiger partial charge in [0.1, 0.15) is 0 Å². The molecule has 0 radical (unpaired) electrons. The number of nitrogens with one attached hydrogen (secondary N) is 2. The van der Waals surface area contributed by atoms with Crippen molar-refractivity contribution in [2.75, 3.05) is 36.2 Å². The maximum atomic E-state index is 4.46. The SMILES string of the molecule is CCNc1nc(NC2CCC(C)C2)nc(N(C)C)n1. The molecular weight excluding hydrogens is 240 g/mol. The minimum Gasteiger partial charge on any atom is -0.354 e.